The maximum atomic E-state index is 5.61. The molecule has 0 fully saturated rings. The number of hydrogen-bond donors (Lipinski definition) is 0. The average molecular weight is 337 g/mol. The van der Waals surface area contributed by atoms with E-state index >= 15 is 0 Å². The van der Waals surface area contributed by atoms with E-state index in [9.17, 15) is 0 Å². The monoisotopic (exact) mass is 336 g/mol. The van der Waals surface area contributed by atoms with Crippen molar-refractivity contribution in [2.45, 2.75) is 26.2 Å². The van der Waals surface area contributed by atoms with Crippen LogP contribution in [-0.2, 0) is 6.42 Å². The van der Waals surface area contributed by atoms with Crippen LogP contribution in [0.25, 0.3) is 0 Å². The summed E-state index contributed by atoms with van der Waals surface area (Å²) in [6.45, 7) is 2.19. The van der Waals surface area contributed by atoms with Crippen LogP contribution in [0.3, 0.4) is 0 Å². The lowest BCUT2D eigenvalue weighted by molar-refractivity contribution is 0.373. The van der Waals surface area contributed by atoms with Gasteiger partial charge < -0.3 is 9.47 Å². The molecule has 2 rings (SSSR count). The lowest BCUT2D eigenvalue weighted by Gasteiger charge is -2.07. The summed E-state index contributed by atoms with van der Waals surface area (Å²) in [5, 5.41) is 0. The number of aromatic nitrogens is 2. The molecule has 0 saturated carbocycles. The van der Waals surface area contributed by atoms with Gasteiger partial charge in [0.15, 0.2) is 0 Å². The molecule has 5 heteroatoms. The Morgan fingerprint density at radius 3 is 2.60 bits per heavy atom. The standard InChI is InChI=1S/C15H17BrN2O2/c1-3-4-5-11-6-8-12(9-7-11)20-15-17-10-13(16)14(18-15)19-2/h6-10H,3-5H2,1-2H3. The molecule has 0 bridgehead atoms. The molecule has 106 valence electrons. The van der Waals surface area contributed by atoms with Crippen LogP contribution in [0.15, 0.2) is 34.9 Å². The molecule has 0 aliphatic heterocycles. The van der Waals surface area contributed by atoms with Crippen molar-refractivity contribution in [3.05, 3.63) is 40.5 Å². The highest BCUT2D eigenvalue weighted by Gasteiger charge is 2.07. The minimum Gasteiger partial charge on any atom is -0.480 e. The Labute approximate surface area is 127 Å². The van der Waals surface area contributed by atoms with Gasteiger partial charge >= 0.3 is 6.01 Å². The number of unbranched alkanes of at least 4 members (excludes halogenated alkanes) is 1. The normalized spacial score (nSPS) is 10.3. The largest absolute Gasteiger partial charge is 0.480 e. The van der Waals surface area contributed by atoms with Gasteiger partial charge in [-0.05, 0) is 46.5 Å². The van der Waals surface area contributed by atoms with Crippen LogP contribution in [0.5, 0.6) is 17.6 Å². The van der Waals surface area contributed by atoms with E-state index in [-0.39, 0.29) is 6.01 Å². The van der Waals surface area contributed by atoms with E-state index in [1.54, 1.807) is 13.3 Å². The third-order valence-corrected chi connectivity index (χ3v) is 3.38. The van der Waals surface area contributed by atoms with Crippen LogP contribution in [0.2, 0.25) is 0 Å². The van der Waals surface area contributed by atoms with Gasteiger partial charge in [-0.1, -0.05) is 25.5 Å². The second-order valence-electron chi connectivity index (χ2n) is 4.36. The molecule has 0 aliphatic carbocycles. The summed E-state index contributed by atoms with van der Waals surface area (Å²) in [6.07, 6.45) is 5.11. The highest BCUT2D eigenvalue weighted by Crippen LogP contribution is 2.25. The molecule has 0 spiro atoms. The number of hydrogen-bond acceptors (Lipinski definition) is 4. The third-order valence-electron chi connectivity index (χ3n) is 2.83. The van der Waals surface area contributed by atoms with Crippen LogP contribution in [0.1, 0.15) is 25.3 Å². The minimum absolute atomic E-state index is 0.270. The zero-order chi connectivity index (χ0) is 14.4. The van der Waals surface area contributed by atoms with Crippen molar-refractivity contribution in [3.8, 4) is 17.6 Å². The Bertz CT molecular complexity index is 558. The zero-order valence-electron chi connectivity index (χ0n) is 11.6. The van der Waals surface area contributed by atoms with Crippen LogP contribution in [-0.4, -0.2) is 17.1 Å². The molecule has 0 atom stereocenters. The zero-order valence-corrected chi connectivity index (χ0v) is 13.2. The van der Waals surface area contributed by atoms with Gasteiger partial charge in [-0.2, -0.15) is 4.98 Å². The third kappa shape index (κ3) is 3.93. The van der Waals surface area contributed by atoms with Crippen LogP contribution < -0.4 is 9.47 Å². The number of nitrogens with zero attached hydrogens (tertiary/aromatic N) is 2. The molecule has 0 amide bonds. The first kappa shape index (κ1) is 14.8. The molecule has 0 saturated heterocycles. The Balaban J connectivity index is 2.06. The van der Waals surface area contributed by atoms with Gasteiger partial charge in [-0.15, -0.1) is 0 Å². The molecule has 20 heavy (non-hydrogen) atoms. The van der Waals surface area contributed by atoms with E-state index in [1.165, 1.54) is 18.4 Å². The first-order chi connectivity index (χ1) is 9.72. The molecular weight excluding hydrogens is 320 g/mol. The van der Waals surface area contributed by atoms with Crippen molar-refractivity contribution in [2.24, 2.45) is 0 Å². The summed E-state index contributed by atoms with van der Waals surface area (Å²) < 4.78 is 11.4. The van der Waals surface area contributed by atoms with E-state index in [2.05, 4.69) is 45.0 Å². The van der Waals surface area contributed by atoms with Gasteiger partial charge in [-0.25, -0.2) is 4.98 Å². The number of aryl methyl sites for hydroxylation is 1. The van der Waals surface area contributed by atoms with Gasteiger partial charge in [0.05, 0.1) is 17.8 Å². The van der Waals surface area contributed by atoms with Crippen molar-refractivity contribution in [1.29, 1.82) is 0 Å². The van der Waals surface area contributed by atoms with E-state index in [1.807, 2.05) is 12.1 Å². The number of halogens is 1. The first-order valence-electron chi connectivity index (χ1n) is 6.56. The summed E-state index contributed by atoms with van der Waals surface area (Å²) >= 11 is 3.30. The van der Waals surface area contributed by atoms with Crippen molar-refractivity contribution < 1.29 is 9.47 Å². The molecule has 0 aliphatic rings. The fraction of sp³-hybridized carbons (Fsp3) is 0.333. The number of ether oxygens (including phenoxy) is 2. The van der Waals surface area contributed by atoms with Gasteiger partial charge in [0.25, 0.3) is 0 Å². The molecule has 1 aromatic carbocycles. The lowest BCUT2D eigenvalue weighted by atomic mass is 10.1. The maximum absolute atomic E-state index is 5.61. The Kier molecular flexibility index (Phi) is 5.35. The Morgan fingerprint density at radius 1 is 1.20 bits per heavy atom. The quantitative estimate of drug-likeness (QED) is 0.784. The predicted octanol–water partition coefficient (Wildman–Crippen LogP) is 4.38. The van der Waals surface area contributed by atoms with E-state index < -0.39 is 0 Å². The number of rotatable bonds is 6. The van der Waals surface area contributed by atoms with Crippen molar-refractivity contribution >= 4 is 15.9 Å². The van der Waals surface area contributed by atoms with Crippen LogP contribution in [0.4, 0.5) is 0 Å². The second kappa shape index (κ2) is 7.24. The van der Waals surface area contributed by atoms with Crippen molar-refractivity contribution in [1.82, 2.24) is 9.97 Å². The van der Waals surface area contributed by atoms with Gasteiger partial charge in [0.2, 0.25) is 5.88 Å². The fourth-order valence-corrected chi connectivity index (χ4v) is 2.09. The van der Waals surface area contributed by atoms with Crippen molar-refractivity contribution in [2.75, 3.05) is 7.11 Å². The lowest BCUT2D eigenvalue weighted by Crippen LogP contribution is -1.96. The molecule has 0 radical (unpaired) electrons. The average Bonchev–Trinajstić information content (AvgIpc) is 2.48. The van der Waals surface area contributed by atoms with Gasteiger partial charge in [0, 0.05) is 0 Å². The summed E-state index contributed by atoms with van der Waals surface area (Å²) in [4.78, 5) is 8.25. The first-order valence-corrected chi connectivity index (χ1v) is 7.35. The van der Waals surface area contributed by atoms with Crippen LogP contribution >= 0.6 is 15.9 Å². The summed E-state index contributed by atoms with van der Waals surface area (Å²) in [5.74, 6) is 1.17. The van der Waals surface area contributed by atoms with Crippen LogP contribution in [0, 0.1) is 0 Å². The second-order valence-corrected chi connectivity index (χ2v) is 5.21. The molecular formula is C15H17BrN2O2. The van der Waals surface area contributed by atoms with E-state index in [0.29, 0.717) is 10.4 Å². The minimum atomic E-state index is 0.270. The fourth-order valence-electron chi connectivity index (χ4n) is 1.74. The Hall–Kier alpha value is -1.62. The van der Waals surface area contributed by atoms with E-state index in [4.69, 9.17) is 9.47 Å². The van der Waals surface area contributed by atoms with Crippen molar-refractivity contribution in [3.63, 3.8) is 0 Å². The summed E-state index contributed by atoms with van der Waals surface area (Å²) in [5.41, 5.74) is 1.31. The molecule has 1 aromatic heterocycles. The summed E-state index contributed by atoms with van der Waals surface area (Å²) in [6, 6.07) is 8.28. The molecule has 1 heterocycles. The Morgan fingerprint density at radius 2 is 1.95 bits per heavy atom. The SMILES string of the molecule is CCCCc1ccc(Oc2ncc(Br)c(OC)n2)cc1. The predicted molar refractivity (Wildman–Crippen MR) is 81.4 cm³/mol. The van der Waals surface area contributed by atoms with Gasteiger partial charge in [0.1, 0.15) is 5.75 Å². The molecule has 0 unspecified atom stereocenters. The van der Waals surface area contributed by atoms with Gasteiger partial charge in [-0.3, -0.25) is 0 Å². The molecule has 4 nitrogen and oxygen atoms in total. The molecule has 2 aromatic rings. The number of methoxy groups -OCH3 is 1. The number of benzene rings is 1. The highest BCUT2D eigenvalue weighted by molar-refractivity contribution is 9.10. The maximum Gasteiger partial charge on any atom is 0.325 e. The molecule has 0 N–H and O–H groups in total. The topological polar surface area (TPSA) is 44.2 Å². The smallest absolute Gasteiger partial charge is 0.325 e. The summed E-state index contributed by atoms with van der Waals surface area (Å²) in [7, 11) is 1.55. The van der Waals surface area contributed by atoms with E-state index in [0.717, 1.165) is 12.2 Å². The highest BCUT2D eigenvalue weighted by atomic mass is 79.9.